The second kappa shape index (κ2) is 4.02. The van der Waals surface area contributed by atoms with Crippen molar-refractivity contribution in [2.24, 2.45) is 0 Å². The molecule has 0 aliphatic heterocycles. The summed E-state index contributed by atoms with van der Waals surface area (Å²) in [6, 6.07) is 4.00. The van der Waals surface area contributed by atoms with E-state index < -0.39 is 5.82 Å². The van der Waals surface area contributed by atoms with Gasteiger partial charge in [0.05, 0.1) is 23.4 Å². The van der Waals surface area contributed by atoms with E-state index in [4.69, 9.17) is 0 Å². The van der Waals surface area contributed by atoms with E-state index in [9.17, 15) is 9.18 Å². The van der Waals surface area contributed by atoms with E-state index in [1.165, 1.54) is 29.1 Å². The third-order valence-electron chi connectivity index (χ3n) is 2.58. The molecule has 1 heterocycles. The van der Waals surface area contributed by atoms with Gasteiger partial charge in [0, 0.05) is 0 Å². The summed E-state index contributed by atoms with van der Waals surface area (Å²) in [5.41, 5.74) is 0.261. The Hall–Kier alpha value is -1.75. The van der Waals surface area contributed by atoms with Crippen LogP contribution < -0.4 is 10.9 Å². The lowest BCUT2D eigenvalue weighted by Gasteiger charge is -2.13. The van der Waals surface area contributed by atoms with Crippen molar-refractivity contribution in [2.45, 2.75) is 13.1 Å². The minimum atomic E-state index is -0.429. The molecule has 0 saturated heterocycles. The topological polar surface area (TPSA) is 46.9 Å². The fourth-order valence-corrected chi connectivity index (χ4v) is 1.52. The Morgan fingerprint density at radius 2 is 2.25 bits per heavy atom. The zero-order chi connectivity index (χ0) is 11.7. The molecule has 84 valence electrons. The molecule has 0 aliphatic rings. The standard InChI is InChI=1S/C11H12FN3O/c1-7(13-2)15-6-14-10-4-3-8(12)5-9(10)11(15)16/h3-7,13H,1-2H3. The average molecular weight is 221 g/mol. The minimum Gasteiger partial charge on any atom is -0.300 e. The summed E-state index contributed by atoms with van der Waals surface area (Å²) in [7, 11) is 1.74. The summed E-state index contributed by atoms with van der Waals surface area (Å²) in [5, 5.41) is 3.23. The monoisotopic (exact) mass is 221 g/mol. The SMILES string of the molecule is CNC(C)n1cnc2ccc(F)cc2c1=O. The van der Waals surface area contributed by atoms with Crippen LogP contribution >= 0.6 is 0 Å². The Morgan fingerprint density at radius 3 is 2.94 bits per heavy atom. The second-order valence-electron chi connectivity index (χ2n) is 3.58. The fourth-order valence-electron chi connectivity index (χ4n) is 1.52. The molecule has 1 unspecified atom stereocenters. The fraction of sp³-hybridized carbons (Fsp3) is 0.273. The summed E-state index contributed by atoms with van der Waals surface area (Å²) in [6.45, 7) is 1.83. The zero-order valence-electron chi connectivity index (χ0n) is 9.07. The molecule has 0 radical (unpaired) electrons. The van der Waals surface area contributed by atoms with E-state index >= 15 is 0 Å². The molecule has 0 aliphatic carbocycles. The lowest BCUT2D eigenvalue weighted by atomic mass is 10.2. The second-order valence-corrected chi connectivity index (χ2v) is 3.58. The van der Waals surface area contributed by atoms with Gasteiger partial charge in [0.1, 0.15) is 5.82 Å². The van der Waals surface area contributed by atoms with E-state index in [1.807, 2.05) is 6.92 Å². The number of hydrogen-bond acceptors (Lipinski definition) is 3. The third-order valence-corrected chi connectivity index (χ3v) is 2.58. The number of fused-ring (bicyclic) bond motifs is 1. The first-order valence-electron chi connectivity index (χ1n) is 4.97. The molecule has 0 fully saturated rings. The molecule has 2 rings (SSSR count). The van der Waals surface area contributed by atoms with E-state index in [0.717, 1.165) is 0 Å². The Labute approximate surface area is 91.7 Å². The summed E-state index contributed by atoms with van der Waals surface area (Å²) in [4.78, 5) is 16.1. The largest absolute Gasteiger partial charge is 0.300 e. The molecule has 1 aromatic carbocycles. The first-order chi connectivity index (χ1) is 7.63. The number of halogens is 1. The van der Waals surface area contributed by atoms with Crippen LogP contribution in [-0.4, -0.2) is 16.6 Å². The van der Waals surface area contributed by atoms with Crippen molar-refractivity contribution >= 4 is 10.9 Å². The van der Waals surface area contributed by atoms with Gasteiger partial charge in [-0.2, -0.15) is 0 Å². The van der Waals surface area contributed by atoms with E-state index in [1.54, 1.807) is 7.05 Å². The van der Waals surface area contributed by atoms with Crippen molar-refractivity contribution < 1.29 is 4.39 Å². The van der Waals surface area contributed by atoms with Gasteiger partial charge in [-0.15, -0.1) is 0 Å². The first-order valence-corrected chi connectivity index (χ1v) is 4.97. The average Bonchev–Trinajstić information content (AvgIpc) is 2.29. The molecule has 0 spiro atoms. The van der Waals surface area contributed by atoms with Gasteiger partial charge in [-0.3, -0.25) is 9.36 Å². The molecule has 1 aromatic heterocycles. The van der Waals surface area contributed by atoms with Crippen molar-refractivity contribution in [3.8, 4) is 0 Å². The maximum atomic E-state index is 13.0. The highest BCUT2D eigenvalue weighted by Crippen LogP contribution is 2.09. The van der Waals surface area contributed by atoms with E-state index in [2.05, 4.69) is 10.3 Å². The van der Waals surface area contributed by atoms with Crippen LogP contribution in [0.2, 0.25) is 0 Å². The highest BCUT2D eigenvalue weighted by molar-refractivity contribution is 5.77. The minimum absolute atomic E-state index is 0.173. The molecule has 4 nitrogen and oxygen atoms in total. The van der Waals surface area contributed by atoms with Crippen LogP contribution in [0.15, 0.2) is 29.3 Å². The summed E-state index contributed by atoms with van der Waals surface area (Å²) < 4.78 is 14.5. The van der Waals surface area contributed by atoms with Gasteiger partial charge in [-0.25, -0.2) is 9.37 Å². The molecule has 0 amide bonds. The number of nitrogens with one attached hydrogen (secondary N) is 1. The van der Waals surface area contributed by atoms with Gasteiger partial charge in [-0.1, -0.05) is 0 Å². The van der Waals surface area contributed by atoms with Gasteiger partial charge in [-0.05, 0) is 32.2 Å². The Kier molecular flexibility index (Phi) is 2.70. The number of hydrogen-bond donors (Lipinski definition) is 1. The van der Waals surface area contributed by atoms with Gasteiger partial charge in [0.15, 0.2) is 0 Å². The van der Waals surface area contributed by atoms with E-state index in [-0.39, 0.29) is 11.7 Å². The number of aromatic nitrogens is 2. The smallest absolute Gasteiger partial charge is 0.262 e. The highest BCUT2D eigenvalue weighted by atomic mass is 19.1. The van der Waals surface area contributed by atoms with Crippen LogP contribution in [-0.2, 0) is 0 Å². The number of benzene rings is 1. The van der Waals surface area contributed by atoms with Crippen molar-refractivity contribution in [2.75, 3.05) is 7.05 Å². The third kappa shape index (κ3) is 1.69. The maximum Gasteiger partial charge on any atom is 0.262 e. The van der Waals surface area contributed by atoms with Crippen LogP contribution in [0, 0.1) is 5.82 Å². The molecule has 16 heavy (non-hydrogen) atoms. The van der Waals surface area contributed by atoms with Gasteiger partial charge < -0.3 is 5.32 Å². The molecule has 5 heteroatoms. The van der Waals surface area contributed by atoms with Crippen LogP contribution in [0.1, 0.15) is 13.1 Å². The molecule has 1 N–H and O–H groups in total. The van der Waals surface area contributed by atoms with Gasteiger partial charge in [0.2, 0.25) is 0 Å². The van der Waals surface area contributed by atoms with E-state index in [0.29, 0.717) is 10.9 Å². The normalized spacial score (nSPS) is 12.9. The predicted molar refractivity (Wildman–Crippen MR) is 59.7 cm³/mol. The van der Waals surface area contributed by atoms with Crippen molar-refractivity contribution in [3.05, 3.63) is 40.7 Å². The summed E-state index contributed by atoms with van der Waals surface area (Å²) >= 11 is 0. The quantitative estimate of drug-likeness (QED) is 0.830. The highest BCUT2D eigenvalue weighted by Gasteiger charge is 2.08. The van der Waals surface area contributed by atoms with Crippen LogP contribution in [0.4, 0.5) is 4.39 Å². The zero-order valence-corrected chi connectivity index (χ0v) is 9.07. The molecular formula is C11H12FN3O. The molecule has 0 bridgehead atoms. The first kappa shape index (κ1) is 10.8. The van der Waals surface area contributed by atoms with Gasteiger partial charge >= 0.3 is 0 Å². The number of rotatable bonds is 2. The lowest BCUT2D eigenvalue weighted by molar-refractivity contribution is 0.460. The number of nitrogens with zero attached hydrogens (tertiary/aromatic N) is 2. The van der Waals surface area contributed by atoms with Crippen molar-refractivity contribution in [1.82, 2.24) is 14.9 Å². The summed E-state index contributed by atoms with van der Waals surface area (Å²) in [5.74, 6) is -0.429. The lowest BCUT2D eigenvalue weighted by Crippen LogP contribution is -2.30. The van der Waals surface area contributed by atoms with Crippen LogP contribution in [0.25, 0.3) is 10.9 Å². The van der Waals surface area contributed by atoms with Gasteiger partial charge in [0.25, 0.3) is 5.56 Å². The Balaban J connectivity index is 2.73. The molecule has 0 saturated carbocycles. The molecule has 1 atom stereocenters. The van der Waals surface area contributed by atoms with Crippen LogP contribution in [0.3, 0.4) is 0 Å². The maximum absolute atomic E-state index is 13.0. The molecular weight excluding hydrogens is 209 g/mol. The Bertz CT molecular complexity index is 579. The predicted octanol–water partition coefficient (Wildman–Crippen LogP) is 1.27. The van der Waals surface area contributed by atoms with Crippen molar-refractivity contribution in [1.29, 1.82) is 0 Å². The van der Waals surface area contributed by atoms with Crippen LogP contribution in [0.5, 0.6) is 0 Å². The summed E-state index contributed by atoms with van der Waals surface area (Å²) in [6.07, 6.45) is 1.29. The Morgan fingerprint density at radius 1 is 1.50 bits per heavy atom. The molecule has 2 aromatic rings. The van der Waals surface area contributed by atoms with Crippen molar-refractivity contribution in [3.63, 3.8) is 0 Å².